The summed E-state index contributed by atoms with van der Waals surface area (Å²) in [6, 6.07) is 6.06. The van der Waals surface area contributed by atoms with Gasteiger partial charge in [0.15, 0.2) is 6.61 Å². The summed E-state index contributed by atoms with van der Waals surface area (Å²) in [6.07, 6.45) is 3.96. The summed E-state index contributed by atoms with van der Waals surface area (Å²) >= 11 is 0. The lowest BCUT2D eigenvalue weighted by Crippen LogP contribution is -2.35. The summed E-state index contributed by atoms with van der Waals surface area (Å²) < 4.78 is 30.0. The number of anilines is 1. The Morgan fingerprint density at radius 2 is 1.77 bits per heavy atom. The van der Waals surface area contributed by atoms with E-state index in [0.29, 0.717) is 5.92 Å². The van der Waals surface area contributed by atoms with Crippen LogP contribution in [-0.4, -0.2) is 39.2 Å². The van der Waals surface area contributed by atoms with Crippen LogP contribution in [0, 0.1) is 5.92 Å². The first-order valence-corrected chi connectivity index (χ1v) is 10.5. The van der Waals surface area contributed by atoms with Crippen molar-refractivity contribution in [1.29, 1.82) is 0 Å². The molecule has 0 aliphatic heterocycles. The zero-order chi connectivity index (χ0) is 19.7. The van der Waals surface area contributed by atoms with Crippen LogP contribution in [0.5, 0.6) is 0 Å². The van der Waals surface area contributed by atoms with Crippen LogP contribution in [0.1, 0.15) is 50.4 Å². The van der Waals surface area contributed by atoms with Crippen molar-refractivity contribution in [2.24, 2.45) is 5.92 Å². The fraction of sp³-hybridized carbons (Fsp3) is 0.556. The quantitative estimate of drug-likeness (QED) is 0.604. The molecule has 1 amide bonds. The second kappa shape index (κ2) is 10.2. The van der Waals surface area contributed by atoms with Gasteiger partial charge in [-0.1, -0.05) is 38.8 Å². The van der Waals surface area contributed by atoms with E-state index in [1.54, 1.807) is 12.1 Å². The number of carbonyl (C=O) groups is 2. The van der Waals surface area contributed by atoms with Gasteiger partial charge in [0.1, 0.15) is 0 Å². The number of ether oxygens (including phenoxy) is 1. The summed E-state index contributed by atoms with van der Waals surface area (Å²) in [5.74, 6) is -0.525. The molecule has 7 nitrogen and oxygen atoms in total. The Balaban J connectivity index is 2.52. The Hall–Kier alpha value is -2.09. The van der Waals surface area contributed by atoms with Crippen LogP contribution in [-0.2, 0) is 19.6 Å². The summed E-state index contributed by atoms with van der Waals surface area (Å²) in [5, 5.41) is 2.79. The first-order valence-electron chi connectivity index (χ1n) is 8.61. The second-order valence-electron chi connectivity index (χ2n) is 6.79. The average Bonchev–Trinajstić information content (AvgIpc) is 2.51. The minimum absolute atomic E-state index is 0.000797. The van der Waals surface area contributed by atoms with Gasteiger partial charge in [0, 0.05) is 6.04 Å². The van der Waals surface area contributed by atoms with Gasteiger partial charge < -0.3 is 10.1 Å². The molecule has 0 fully saturated rings. The van der Waals surface area contributed by atoms with E-state index in [9.17, 15) is 18.0 Å². The first-order chi connectivity index (χ1) is 12.1. The molecule has 8 heteroatoms. The maximum atomic E-state index is 12.2. The summed E-state index contributed by atoms with van der Waals surface area (Å²) in [4.78, 5) is 24.1. The van der Waals surface area contributed by atoms with Crippen molar-refractivity contribution in [1.82, 2.24) is 5.32 Å². The molecule has 0 saturated heterocycles. The minimum atomic E-state index is -3.53. The molecule has 0 saturated carbocycles. The van der Waals surface area contributed by atoms with Crippen LogP contribution in [0.15, 0.2) is 24.3 Å². The number of hydrogen-bond donors (Lipinski definition) is 2. The molecule has 0 spiro atoms. The lowest BCUT2D eigenvalue weighted by atomic mass is 10.0. The van der Waals surface area contributed by atoms with Crippen molar-refractivity contribution in [2.45, 2.75) is 46.1 Å². The highest BCUT2D eigenvalue weighted by Crippen LogP contribution is 2.17. The van der Waals surface area contributed by atoms with Crippen LogP contribution in [0.2, 0.25) is 0 Å². The maximum absolute atomic E-state index is 12.2. The maximum Gasteiger partial charge on any atom is 0.340 e. The van der Waals surface area contributed by atoms with E-state index < -0.39 is 22.6 Å². The minimum Gasteiger partial charge on any atom is -0.452 e. The highest BCUT2D eigenvalue weighted by molar-refractivity contribution is 7.92. The summed E-state index contributed by atoms with van der Waals surface area (Å²) in [6.45, 7) is 5.80. The largest absolute Gasteiger partial charge is 0.452 e. The van der Waals surface area contributed by atoms with E-state index in [0.717, 1.165) is 25.5 Å². The number of amides is 1. The highest BCUT2D eigenvalue weighted by atomic mass is 32.2. The Morgan fingerprint density at radius 1 is 1.12 bits per heavy atom. The number of hydrogen-bond acceptors (Lipinski definition) is 5. The van der Waals surface area contributed by atoms with Gasteiger partial charge in [0.05, 0.1) is 17.5 Å². The van der Waals surface area contributed by atoms with Crippen molar-refractivity contribution in [2.75, 3.05) is 17.6 Å². The molecule has 0 aliphatic carbocycles. The average molecular weight is 384 g/mol. The molecule has 1 aromatic carbocycles. The Morgan fingerprint density at radius 3 is 2.38 bits per heavy atom. The standard InChI is InChI=1S/C18H28N2O5S/c1-13(2)8-7-9-14(3)19-17(21)12-25-18(22)15-10-5-6-11-16(15)20-26(4,23)24/h5-6,10-11,13-14,20H,7-9,12H2,1-4H3,(H,19,21). The number of nitrogens with one attached hydrogen (secondary N) is 2. The van der Waals surface area contributed by atoms with Gasteiger partial charge in [0.2, 0.25) is 10.0 Å². The van der Waals surface area contributed by atoms with Crippen molar-refractivity contribution >= 4 is 27.6 Å². The van der Waals surface area contributed by atoms with Gasteiger partial charge in [0.25, 0.3) is 5.91 Å². The lowest BCUT2D eigenvalue weighted by molar-refractivity contribution is -0.124. The summed E-state index contributed by atoms with van der Waals surface area (Å²) in [5.41, 5.74) is 0.165. The van der Waals surface area contributed by atoms with Gasteiger partial charge in [-0.2, -0.15) is 0 Å². The third-order valence-electron chi connectivity index (χ3n) is 3.60. The molecule has 0 heterocycles. The topological polar surface area (TPSA) is 102 Å². The van der Waals surface area contributed by atoms with Crippen molar-refractivity contribution < 1.29 is 22.7 Å². The van der Waals surface area contributed by atoms with E-state index in [2.05, 4.69) is 23.9 Å². The summed E-state index contributed by atoms with van der Waals surface area (Å²) in [7, 11) is -3.53. The van der Waals surface area contributed by atoms with Gasteiger partial charge in [-0.15, -0.1) is 0 Å². The SMILES string of the molecule is CC(C)CCCC(C)NC(=O)COC(=O)c1ccccc1NS(C)(=O)=O. The third-order valence-corrected chi connectivity index (χ3v) is 4.19. The molecule has 2 N–H and O–H groups in total. The first kappa shape index (κ1) is 22.0. The molecule has 1 unspecified atom stereocenters. The Bertz CT molecular complexity index is 716. The number of benzene rings is 1. The molecule has 26 heavy (non-hydrogen) atoms. The van der Waals surface area contributed by atoms with Crippen molar-refractivity contribution in [3.63, 3.8) is 0 Å². The number of rotatable bonds is 10. The van der Waals surface area contributed by atoms with Crippen LogP contribution < -0.4 is 10.0 Å². The fourth-order valence-electron chi connectivity index (χ4n) is 2.38. The van der Waals surface area contributed by atoms with Gasteiger partial charge >= 0.3 is 5.97 Å². The molecule has 1 aromatic rings. The van der Waals surface area contributed by atoms with E-state index in [-0.39, 0.29) is 23.2 Å². The smallest absolute Gasteiger partial charge is 0.340 e. The third kappa shape index (κ3) is 8.84. The monoisotopic (exact) mass is 384 g/mol. The molecule has 1 rings (SSSR count). The van der Waals surface area contributed by atoms with Crippen LogP contribution in [0.4, 0.5) is 5.69 Å². The number of esters is 1. The zero-order valence-electron chi connectivity index (χ0n) is 15.7. The number of carbonyl (C=O) groups excluding carboxylic acids is 2. The molecule has 0 bridgehead atoms. The van der Waals surface area contributed by atoms with Gasteiger partial charge in [-0.25, -0.2) is 13.2 Å². The molecular weight excluding hydrogens is 356 g/mol. The predicted molar refractivity (Wildman–Crippen MR) is 101 cm³/mol. The van der Waals surface area contributed by atoms with Gasteiger partial charge in [-0.3, -0.25) is 9.52 Å². The molecule has 0 aliphatic rings. The number of para-hydroxylation sites is 1. The predicted octanol–water partition coefficient (Wildman–Crippen LogP) is 2.55. The van der Waals surface area contributed by atoms with Crippen LogP contribution >= 0.6 is 0 Å². The molecule has 146 valence electrons. The van der Waals surface area contributed by atoms with Crippen LogP contribution in [0.25, 0.3) is 0 Å². The Kier molecular flexibility index (Phi) is 8.57. The van der Waals surface area contributed by atoms with E-state index >= 15 is 0 Å². The van der Waals surface area contributed by atoms with Crippen LogP contribution in [0.3, 0.4) is 0 Å². The molecule has 0 radical (unpaired) electrons. The molecule has 1 atom stereocenters. The van der Waals surface area contributed by atoms with Crippen molar-refractivity contribution in [3.8, 4) is 0 Å². The second-order valence-corrected chi connectivity index (χ2v) is 8.54. The zero-order valence-corrected chi connectivity index (χ0v) is 16.6. The van der Waals surface area contributed by atoms with E-state index in [4.69, 9.17) is 4.74 Å². The highest BCUT2D eigenvalue weighted by Gasteiger charge is 2.17. The van der Waals surface area contributed by atoms with E-state index in [1.165, 1.54) is 12.1 Å². The lowest BCUT2D eigenvalue weighted by Gasteiger charge is -2.15. The Labute approximate surface area is 155 Å². The number of sulfonamides is 1. The normalized spacial score (nSPS) is 12.5. The molecular formula is C18H28N2O5S. The van der Waals surface area contributed by atoms with Crippen molar-refractivity contribution in [3.05, 3.63) is 29.8 Å². The van der Waals surface area contributed by atoms with Gasteiger partial charge in [-0.05, 0) is 31.4 Å². The van der Waals surface area contributed by atoms with E-state index in [1.807, 2.05) is 6.92 Å². The fourth-order valence-corrected chi connectivity index (χ4v) is 2.96. The molecule has 0 aromatic heterocycles.